The second-order valence-electron chi connectivity index (χ2n) is 4.79. The van der Waals surface area contributed by atoms with E-state index in [0.717, 1.165) is 17.5 Å². The van der Waals surface area contributed by atoms with Crippen LogP contribution in [0.1, 0.15) is 24.8 Å². The molecule has 0 aliphatic heterocycles. The van der Waals surface area contributed by atoms with Crippen LogP contribution in [0.3, 0.4) is 0 Å². The molecule has 2 N–H and O–H groups in total. The molecule has 1 aliphatic rings. The van der Waals surface area contributed by atoms with Crippen molar-refractivity contribution >= 4 is 17.6 Å². The summed E-state index contributed by atoms with van der Waals surface area (Å²) in [5.74, 6) is 0.827. The average molecular weight is 266 g/mol. The largest absolute Gasteiger partial charge is 0.359 e. The Morgan fingerprint density at radius 3 is 2.61 bits per heavy atom. The summed E-state index contributed by atoms with van der Waals surface area (Å²) in [7, 11) is 3.65. The third-order valence-corrected chi connectivity index (χ3v) is 4.14. The van der Waals surface area contributed by atoms with Gasteiger partial charge in [0.2, 0.25) is 0 Å². The van der Waals surface area contributed by atoms with Gasteiger partial charge in [0.05, 0.1) is 0 Å². The fraction of sp³-hybridized carbons (Fsp3) is 0.500. The molecule has 98 valence electrons. The first kappa shape index (κ1) is 13.2. The van der Waals surface area contributed by atoms with E-state index in [2.05, 4.69) is 27.8 Å². The van der Waals surface area contributed by atoms with Gasteiger partial charge in [0, 0.05) is 31.1 Å². The number of halogens is 1. The zero-order chi connectivity index (χ0) is 13.0. The van der Waals surface area contributed by atoms with Crippen molar-refractivity contribution in [1.82, 2.24) is 10.6 Å². The Bertz CT molecular complexity index is 438. The minimum absolute atomic E-state index is 0.172. The number of aliphatic imine (C=N–C) groups is 1. The summed E-state index contributed by atoms with van der Waals surface area (Å²) in [5, 5.41) is 7.29. The van der Waals surface area contributed by atoms with Gasteiger partial charge in [0.15, 0.2) is 5.96 Å². The molecule has 18 heavy (non-hydrogen) atoms. The van der Waals surface area contributed by atoms with Crippen molar-refractivity contribution in [3.05, 3.63) is 34.9 Å². The monoisotopic (exact) mass is 265 g/mol. The molecule has 0 amide bonds. The van der Waals surface area contributed by atoms with Gasteiger partial charge in [-0.3, -0.25) is 4.99 Å². The number of benzene rings is 1. The molecule has 0 aromatic heterocycles. The molecule has 0 radical (unpaired) electrons. The molecule has 1 aromatic rings. The molecule has 1 fully saturated rings. The molecule has 1 aromatic carbocycles. The van der Waals surface area contributed by atoms with Crippen LogP contribution >= 0.6 is 11.6 Å². The summed E-state index contributed by atoms with van der Waals surface area (Å²) in [6.07, 6.45) is 3.64. The van der Waals surface area contributed by atoms with E-state index >= 15 is 0 Å². The molecule has 3 nitrogen and oxygen atoms in total. The van der Waals surface area contributed by atoms with Gasteiger partial charge in [-0.1, -0.05) is 36.2 Å². The van der Waals surface area contributed by atoms with Crippen LogP contribution in [0.15, 0.2) is 29.3 Å². The Balaban J connectivity index is 2.14. The normalized spacial score (nSPS) is 18.1. The van der Waals surface area contributed by atoms with Crippen LogP contribution in [0.5, 0.6) is 0 Å². The lowest BCUT2D eigenvalue weighted by Crippen LogP contribution is -2.48. The molecule has 0 saturated heterocycles. The van der Waals surface area contributed by atoms with E-state index in [1.165, 1.54) is 24.8 Å². The Labute approximate surface area is 114 Å². The molecule has 0 bridgehead atoms. The first-order valence-corrected chi connectivity index (χ1v) is 6.73. The first-order valence-electron chi connectivity index (χ1n) is 6.35. The van der Waals surface area contributed by atoms with Gasteiger partial charge in [-0.2, -0.15) is 0 Å². The Morgan fingerprint density at radius 2 is 2.11 bits per heavy atom. The lowest BCUT2D eigenvalue weighted by molar-refractivity contribution is 0.244. The highest BCUT2D eigenvalue weighted by atomic mass is 35.5. The van der Waals surface area contributed by atoms with Crippen molar-refractivity contribution in [2.24, 2.45) is 4.99 Å². The number of rotatable bonds is 3. The smallest absolute Gasteiger partial charge is 0.190 e. The van der Waals surface area contributed by atoms with Crippen LogP contribution in [0.4, 0.5) is 0 Å². The van der Waals surface area contributed by atoms with Gasteiger partial charge in [0.25, 0.3) is 0 Å². The van der Waals surface area contributed by atoms with E-state index in [1.807, 2.05) is 19.2 Å². The van der Waals surface area contributed by atoms with Gasteiger partial charge < -0.3 is 10.6 Å². The second kappa shape index (κ2) is 5.61. The van der Waals surface area contributed by atoms with E-state index in [0.29, 0.717) is 0 Å². The zero-order valence-electron chi connectivity index (χ0n) is 11.0. The van der Waals surface area contributed by atoms with Crippen molar-refractivity contribution in [1.29, 1.82) is 0 Å². The quantitative estimate of drug-likeness (QED) is 0.651. The first-order chi connectivity index (χ1) is 8.72. The molecule has 0 heterocycles. The van der Waals surface area contributed by atoms with Gasteiger partial charge in [-0.15, -0.1) is 0 Å². The van der Waals surface area contributed by atoms with Gasteiger partial charge in [0.1, 0.15) is 0 Å². The molecule has 1 saturated carbocycles. The summed E-state index contributed by atoms with van der Waals surface area (Å²) in [6, 6.07) is 8.17. The van der Waals surface area contributed by atoms with E-state index in [-0.39, 0.29) is 5.41 Å². The zero-order valence-corrected chi connectivity index (χ0v) is 11.7. The highest BCUT2D eigenvalue weighted by Gasteiger charge is 2.39. The minimum Gasteiger partial charge on any atom is -0.359 e. The van der Waals surface area contributed by atoms with Crippen LogP contribution in [0.2, 0.25) is 5.02 Å². The Morgan fingerprint density at radius 1 is 1.39 bits per heavy atom. The molecular formula is C14H20ClN3. The standard InChI is InChI=1S/C14H20ClN3/c1-16-13(17-2)18-10-14(8-5-9-14)11-6-3-4-7-12(11)15/h3-4,6-7H,5,8-10H2,1-2H3,(H2,16,17,18). The SMILES string of the molecule is CN=C(NC)NCC1(c2ccccc2Cl)CCC1. The second-order valence-corrected chi connectivity index (χ2v) is 5.20. The molecule has 0 unspecified atom stereocenters. The fourth-order valence-electron chi connectivity index (χ4n) is 2.57. The van der Waals surface area contributed by atoms with Crippen molar-refractivity contribution in [2.75, 3.05) is 20.6 Å². The van der Waals surface area contributed by atoms with E-state index in [9.17, 15) is 0 Å². The number of guanidine groups is 1. The number of hydrogen-bond donors (Lipinski definition) is 2. The minimum atomic E-state index is 0.172. The Kier molecular flexibility index (Phi) is 4.12. The maximum atomic E-state index is 6.33. The summed E-state index contributed by atoms with van der Waals surface area (Å²) in [4.78, 5) is 4.15. The summed E-state index contributed by atoms with van der Waals surface area (Å²) >= 11 is 6.33. The van der Waals surface area contributed by atoms with Crippen LogP contribution in [0, 0.1) is 0 Å². The van der Waals surface area contributed by atoms with Gasteiger partial charge >= 0.3 is 0 Å². The third kappa shape index (κ3) is 2.46. The van der Waals surface area contributed by atoms with Crippen LogP contribution in [-0.4, -0.2) is 26.6 Å². The van der Waals surface area contributed by atoms with E-state index in [1.54, 1.807) is 7.05 Å². The topological polar surface area (TPSA) is 36.4 Å². The molecule has 0 spiro atoms. The van der Waals surface area contributed by atoms with Crippen molar-refractivity contribution in [2.45, 2.75) is 24.7 Å². The Hall–Kier alpha value is -1.22. The van der Waals surface area contributed by atoms with Crippen LogP contribution < -0.4 is 10.6 Å². The van der Waals surface area contributed by atoms with Crippen LogP contribution in [-0.2, 0) is 5.41 Å². The van der Waals surface area contributed by atoms with Crippen LogP contribution in [0.25, 0.3) is 0 Å². The van der Waals surface area contributed by atoms with Crippen molar-refractivity contribution in [3.8, 4) is 0 Å². The number of nitrogens with zero attached hydrogens (tertiary/aromatic N) is 1. The maximum Gasteiger partial charge on any atom is 0.190 e. The molecule has 1 aliphatic carbocycles. The van der Waals surface area contributed by atoms with E-state index < -0.39 is 0 Å². The third-order valence-electron chi connectivity index (χ3n) is 3.81. The van der Waals surface area contributed by atoms with Crippen molar-refractivity contribution < 1.29 is 0 Å². The predicted octanol–water partition coefficient (Wildman–Crippen LogP) is 2.56. The lowest BCUT2D eigenvalue weighted by Gasteiger charge is -2.43. The summed E-state index contributed by atoms with van der Waals surface area (Å²) in [6.45, 7) is 0.879. The summed E-state index contributed by atoms with van der Waals surface area (Å²) < 4.78 is 0. The lowest BCUT2D eigenvalue weighted by atomic mass is 9.64. The van der Waals surface area contributed by atoms with Gasteiger partial charge in [-0.25, -0.2) is 0 Å². The molecular weight excluding hydrogens is 246 g/mol. The van der Waals surface area contributed by atoms with Gasteiger partial charge in [-0.05, 0) is 24.5 Å². The fourth-order valence-corrected chi connectivity index (χ4v) is 2.90. The molecule has 4 heteroatoms. The van der Waals surface area contributed by atoms with Crippen molar-refractivity contribution in [3.63, 3.8) is 0 Å². The maximum absolute atomic E-state index is 6.33. The number of hydrogen-bond acceptors (Lipinski definition) is 1. The molecule has 0 atom stereocenters. The highest BCUT2D eigenvalue weighted by molar-refractivity contribution is 6.31. The average Bonchev–Trinajstić information content (AvgIpc) is 2.34. The van der Waals surface area contributed by atoms with E-state index in [4.69, 9.17) is 11.6 Å². The predicted molar refractivity (Wildman–Crippen MR) is 77.4 cm³/mol. The highest BCUT2D eigenvalue weighted by Crippen LogP contribution is 2.45. The molecule has 2 rings (SSSR count). The number of nitrogens with one attached hydrogen (secondary N) is 2. The summed E-state index contributed by atoms with van der Waals surface area (Å²) in [5.41, 5.74) is 1.43.